The summed E-state index contributed by atoms with van der Waals surface area (Å²) in [6, 6.07) is 18.0. The molecule has 0 unspecified atom stereocenters. The Balaban J connectivity index is 1.04. The van der Waals surface area contributed by atoms with Crippen molar-refractivity contribution < 1.29 is 19.4 Å². The molecule has 2 saturated heterocycles. The molecule has 3 heterocycles. The van der Waals surface area contributed by atoms with Crippen LogP contribution in [0.25, 0.3) is 21.0 Å². The fraction of sp³-hybridized carbons (Fsp3) is 0.367. The van der Waals surface area contributed by atoms with E-state index in [0.717, 1.165) is 70.0 Å². The number of β-amino-alcohol motifs (C(OH)–C–C–N with tert-alkyl or cyclic N) is 1. The SMILES string of the molecule is Cc1nc2cc(OC[C@H](O)CN3CCN(Cc4cc(N5C(=O)CCC5=O)c5ccccc5c4)CC3)ccc2s1. The van der Waals surface area contributed by atoms with Crippen LogP contribution in [-0.2, 0) is 16.1 Å². The van der Waals surface area contributed by atoms with Crippen molar-refractivity contribution >= 4 is 49.8 Å². The lowest BCUT2D eigenvalue weighted by molar-refractivity contribution is -0.121. The summed E-state index contributed by atoms with van der Waals surface area (Å²) in [6.45, 7) is 6.98. The summed E-state index contributed by atoms with van der Waals surface area (Å²) < 4.78 is 6.99. The number of amides is 2. The van der Waals surface area contributed by atoms with Gasteiger partial charge in [-0.05, 0) is 42.1 Å². The molecular weight excluding hydrogens is 512 g/mol. The van der Waals surface area contributed by atoms with Gasteiger partial charge >= 0.3 is 0 Å². The van der Waals surface area contributed by atoms with Crippen molar-refractivity contribution in [3.05, 3.63) is 65.2 Å². The second kappa shape index (κ2) is 11.0. The van der Waals surface area contributed by atoms with E-state index in [4.69, 9.17) is 4.74 Å². The zero-order chi connectivity index (χ0) is 26.9. The molecule has 0 bridgehead atoms. The number of nitrogens with zero attached hydrogens (tertiary/aromatic N) is 4. The highest BCUT2D eigenvalue weighted by Crippen LogP contribution is 2.33. The summed E-state index contributed by atoms with van der Waals surface area (Å²) in [6.07, 6.45) is -0.0310. The molecule has 1 aromatic heterocycles. The molecule has 2 fully saturated rings. The van der Waals surface area contributed by atoms with Crippen molar-refractivity contribution in [3.63, 3.8) is 0 Å². The number of fused-ring (bicyclic) bond motifs is 2. The van der Waals surface area contributed by atoms with Crippen LogP contribution in [0.15, 0.2) is 54.6 Å². The third-order valence-corrected chi connectivity index (χ3v) is 8.39. The Kier molecular flexibility index (Phi) is 7.31. The lowest BCUT2D eigenvalue weighted by atomic mass is 10.0. The highest BCUT2D eigenvalue weighted by Gasteiger charge is 2.31. The van der Waals surface area contributed by atoms with E-state index in [9.17, 15) is 14.7 Å². The van der Waals surface area contributed by atoms with E-state index in [2.05, 4.69) is 20.9 Å². The lowest BCUT2D eigenvalue weighted by Gasteiger charge is -2.35. The Morgan fingerprint density at radius 3 is 2.51 bits per heavy atom. The summed E-state index contributed by atoms with van der Waals surface area (Å²) in [5, 5.41) is 13.6. The molecule has 2 aliphatic heterocycles. The Labute approximate surface area is 231 Å². The molecular formula is C30H32N4O4S. The quantitative estimate of drug-likeness (QED) is 0.336. The molecule has 6 rings (SSSR count). The largest absolute Gasteiger partial charge is 0.491 e. The van der Waals surface area contributed by atoms with Gasteiger partial charge in [-0.3, -0.25) is 19.4 Å². The third kappa shape index (κ3) is 5.67. The molecule has 8 nitrogen and oxygen atoms in total. The van der Waals surface area contributed by atoms with Crippen LogP contribution in [0.2, 0.25) is 0 Å². The van der Waals surface area contributed by atoms with Gasteiger partial charge in [0.05, 0.1) is 20.9 Å². The smallest absolute Gasteiger partial charge is 0.234 e. The van der Waals surface area contributed by atoms with Gasteiger partial charge in [0.1, 0.15) is 18.5 Å². The van der Waals surface area contributed by atoms with E-state index in [0.29, 0.717) is 12.2 Å². The van der Waals surface area contributed by atoms with Gasteiger partial charge in [-0.25, -0.2) is 9.88 Å². The van der Waals surface area contributed by atoms with Gasteiger partial charge < -0.3 is 9.84 Å². The molecule has 39 heavy (non-hydrogen) atoms. The number of aliphatic hydroxyl groups is 1. The van der Waals surface area contributed by atoms with E-state index < -0.39 is 6.10 Å². The zero-order valence-corrected chi connectivity index (χ0v) is 22.8. The van der Waals surface area contributed by atoms with Gasteiger partial charge in [-0.15, -0.1) is 11.3 Å². The van der Waals surface area contributed by atoms with Crippen LogP contribution in [0.4, 0.5) is 5.69 Å². The molecule has 3 aromatic carbocycles. The maximum Gasteiger partial charge on any atom is 0.234 e. The molecule has 4 aromatic rings. The predicted octanol–water partition coefficient (Wildman–Crippen LogP) is 3.97. The van der Waals surface area contributed by atoms with Gasteiger partial charge in [-0.2, -0.15) is 0 Å². The number of hydrogen-bond acceptors (Lipinski definition) is 8. The second-order valence-corrected chi connectivity index (χ2v) is 11.6. The lowest BCUT2D eigenvalue weighted by Crippen LogP contribution is -2.48. The van der Waals surface area contributed by atoms with E-state index >= 15 is 0 Å². The minimum atomic E-state index is -0.581. The number of ether oxygens (including phenoxy) is 1. The molecule has 1 N–H and O–H groups in total. The van der Waals surface area contributed by atoms with Crippen LogP contribution in [-0.4, -0.2) is 77.1 Å². The number of imide groups is 1. The number of rotatable bonds is 8. The molecule has 0 radical (unpaired) electrons. The fourth-order valence-corrected chi connectivity index (χ4v) is 6.32. The van der Waals surface area contributed by atoms with Crippen LogP contribution < -0.4 is 9.64 Å². The summed E-state index contributed by atoms with van der Waals surface area (Å²) >= 11 is 1.66. The molecule has 0 saturated carbocycles. The number of aliphatic hydroxyl groups excluding tert-OH is 1. The van der Waals surface area contributed by atoms with Gasteiger partial charge in [0.25, 0.3) is 0 Å². The van der Waals surface area contributed by atoms with Gasteiger partial charge in [0.15, 0.2) is 0 Å². The van der Waals surface area contributed by atoms with Crippen LogP contribution in [0.1, 0.15) is 23.4 Å². The molecule has 2 amide bonds. The summed E-state index contributed by atoms with van der Waals surface area (Å²) in [7, 11) is 0. The number of aryl methyl sites for hydroxylation is 1. The Morgan fingerprint density at radius 2 is 1.72 bits per heavy atom. The van der Waals surface area contributed by atoms with Crippen molar-refractivity contribution in [2.24, 2.45) is 0 Å². The van der Waals surface area contributed by atoms with Crippen molar-refractivity contribution in [2.75, 3.05) is 44.2 Å². The number of carbonyl (C=O) groups excluding carboxylic acids is 2. The third-order valence-electron chi connectivity index (χ3n) is 7.44. The van der Waals surface area contributed by atoms with Gasteiger partial charge in [-0.1, -0.05) is 24.3 Å². The van der Waals surface area contributed by atoms with Crippen molar-refractivity contribution in [1.82, 2.24) is 14.8 Å². The Morgan fingerprint density at radius 1 is 0.974 bits per heavy atom. The molecule has 0 spiro atoms. The van der Waals surface area contributed by atoms with Gasteiger partial charge in [0.2, 0.25) is 11.8 Å². The number of piperazine rings is 1. The van der Waals surface area contributed by atoms with Crippen LogP contribution in [0, 0.1) is 6.92 Å². The first-order valence-corrected chi connectivity index (χ1v) is 14.2. The van der Waals surface area contributed by atoms with Crippen LogP contribution in [0.5, 0.6) is 5.75 Å². The highest BCUT2D eigenvalue weighted by atomic mass is 32.1. The average Bonchev–Trinajstić information content (AvgIpc) is 3.47. The number of benzene rings is 3. The number of anilines is 1. The first-order chi connectivity index (χ1) is 18.9. The standard InChI is InChI=1S/C30H32N4O4S/c1-20-31-26-16-24(6-7-28(26)39-20)38-19-23(35)18-33-12-10-32(11-13-33)17-21-14-22-4-2-3-5-25(22)27(15-21)34-29(36)8-9-30(34)37/h2-7,14-16,23,35H,8-13,17-19H2,1H3/t23-/m1/s1. The van der Waals surface area contributed by atoms with Gasteiger partial charge in [0, 0.05) is 63.6 Å². The number of hydrogen-bond donors (Lipinski definition) is 1. The molecule has 202 valence electrons. The number of aromatic nitrogens is 1. The minimum Gasteiger partial charge on any atom is -0.491 e. The molecule has 2 aliphatic rings. The zero-order valence-electron chi connectivity index (χ0n) is 22.0. The maximum absolute atomic E-state index is 12.5. The molecule has 9 heteroatoms. The van der Waals surface area contributed by atoms with Crippen molar-refractivity contribution in [2.45, 2.75) is 32.4 Å². The van der Waals surface area contributed by atoms with Crippen LogP contribution >= 0.6 is 11.3 Å². The number of carbonyl (C=O) groups is 2. The molecule has 1 atom stereocenters. The number of thiazole rings is 1. The highest BCUT2D eigenvalue weighted by molar-refractivity contribution is 7.18. The minimum absolute atomic E-state index is 0.128. The first-order valence-electron chi connectivity index (χ1n) is 13.4. The first kappa shape index (κ1) is 25.9. The predicted molar refractivity (Wildman–Crippen MR) is 153 cm³/mol. The molecule has 0 aliphatic carbocycles. The van der Waals surface area contributed by atoms with E-state index in [1.54, 1.807) is 11.3 Å². The van der Waals surface area contributed by atoms with Crippen molar-refractivity contribution in [3.8, 4) is 5.75 Å². The Bertz CT molecular complexity index is 1510. The van der Waals surface area contributed by atoms with E-state index in [1.807, 2.05) is 55.5 Å². The maximum atomic E-state index is 12.5. The summed E-state index contributed by atoms with van der Waals surface area (Å²) in [4.78, 5) is 35.5. The summed E-state index contributed by atoms with van der Waals surface area (Å²) in [5.41, 5.74) is 2.71. The normalized spacial score (nSPS) is 17.9. The van der Waals surface area contributed by atoms with E-state index in [1.165, 1.54) is 4.90 Å². The van der Waals surface area contributed by atoms with Crippen molar-refractivity contribution in [1.29, 1.82) is 0 Å². The monoisotopic (exact) mass is 544 g/mol. The Hall–Kier alpha value is -3.37. The fourth-order valence-electron chi connectivity index (χ4n) is 5.52. The second-order valence-electron chi connectivity index (χ2n) is 10.4. The topological polar surface area (TPSA) is 86.2 Å². The van der Waals surface area contributed by atoms with Crippen LogP contribution in [0.3, 0.4) is 0 Å². The van der Waals surface area contributed by atoms with E-state index in [-0.39, 0.29) is 31.3 Å². The average molecular weight is 545 g/mol. The summed E-state index contributed by atoms with van der Waals surface area (Å²) in [5.74, 6) is 0.471.